The first-order chi connectivity index (χ1) is 8.73. The van der Waals surface area contributed by atoms with Crippen LogP contribution in [0.15, 0.2) is 0 Å². The second-order valence-electron chi connectivity index (χ2n) is 5.68. The minimum atomic E-state index is -1.43. The second kappa shape index (κ2) is 7.98. The molecule has 0 aliphatic carbocycles. The van der Waals surface area contributed by atoms with Gasteiger partial charge in [0.25, 0.3) is 0 Å². The highest BCUT2D eigenvalue weighted by Gasteiger charge is 2.43. The zero-order valence-electron chi connectivity index (χ0n) is 13.1. The van der Waals surface area contributed by atoms with Crippen molar-refractivity contribution in [1.82, 2.24) is 0 Å². The van der Waals surface area contributed by atoms with Crippen molar-refractivity contribution in [2.24, 2.45) is 11.8 Å². The van der Waals surface area contributed by atoms with Crippen LogP contribution < -0.4 is 0 Å². The van der Waals surface area contributed by atoms with E-state index in [9.17, 15) is 15.0 Å². The van der Waals surface area contributed by atoms with Crippen molar-refractivity contribution in [1.29, 1.82) is 0 Å². The highest BCUT2D eigenvalue weighted by Crippen LogP contribution is 2.27. The molecule has 0 amide bonds. The van der Waals surface area contributed by atoms with Crippen LogP contribution in [0.4, 0.5) is 0 Å². The van der Waals surface area contributed by atoms with Crippen LogP contribution in [-0.2, 0) is 9.53 Å². The van der Waals surface area contributed by atoms with Gasteiger partial charge in [-0.25, -0.2) is 0 Å². The Morgan fingerprint density at radius 3 is 2.21 bits per heavy atom. The van der Waals surface area contributed by atoms with Gasteiger partial charge < -0.3 is 14.9 Å². The Morgan fingerprint density at radius 2 is 1.84 bits per heavy atom. The number of carbonyl (C=O) groups excluding carboxylic acids is 1. The Hall–Kier alpha value is -0.450. The molecule has 0 aromatic carbocycles. The monoisotopic (exact) mass is 274 g/mol. The number of ketones is 1. The summed E-state index contributed by atoms with van der Waals surface area (Å²) in [6.07, 6.45) is 0.705. The molecule has 0 bridgehead atoms. The molecule has 2 unspecified atom stereocenters. The lowest BCUT2D eigenvalue weighted by Gasteiger charge is -2.38. The number of methoxy groups -OCH3 is 1. The van der Waals surface area contributed by atoms with Crippen LogP contribution in [0.3, 0.4) is 0 Å². The number of aliphatic hydroxyl groups is 2. The summed E-state index contributed by atoms with van der Waals surface area (Å²) in [5, 5.41) is 20.8. The van der Waals surface area contributed by atoms with Gasteiger partial charge in [0.15, 0.2) is 0 Å². The highest BCUT2D eigenvalue weighted by molar-refractivity contribution is 5.83. The molecule has 2 N–H and O–H groups in total. The third-order valence-corrected chi connectivity index (χ3v) is 4.04. The van der Waals surface area contributed by atoms with E-state index in [0.29, 0.717) is 6.42 Å². The highest BCUT2D eigenvalue weighted by atomic mass is 16.5. The summed E-state index contributed by atoms with van der Waals surface area (Å²) in [5.41, 5.74) is -1.43. The Bertz CT molecular complexity index is 271. The van der Waals surface area contributed by atoms with E-state index in [1.54, 1.807) is 6.92 Å². The van der Waals surface area contributed by atoms with E-state index in [4.69, 9.17) is 4.74 Å². The number of Topliss-reactive ketones (excluding diaryl/α,β-unsaturated/α-hetero) is 1. The van der Waals surface area contributed by atoms with Crippen molar-refractivity contribution in [3.8, 4) is 0 Å². The predicted octanol–water partition coefficient (Wildman–Crippen LogP) is 2.16. The predicted molar refractivity (Wildman–Crippen MR) is 76.0 cm³/mol. The first kappa shape index (κ1) is 18.6. The van der Waals surface area contributed by atoms with Gasteiger partial charge in [0.1, 0.15) is 11.4 Å². The number of rotatable bonds is 9. The fourth-order valence-electron chi connectivity index (χ4n) is 2.69. The summed E-state index contributed by atoms with van der Waals surface area (Å²) in [7, 11) is 1.50. The molecule has 4 nitrogen and oxygen atoms in total. The van der Waals surface area contributed by atoms with Gasteiger partial charge in [0.2, 0.25) is 0 Å². The maximum atomic E-state index is 12.2. The van der Waals surface area contributed by atoms with E-state index in [2.05, 4.69) is 0 Å². The lowest BCUT2D eigenvalue weighted by atomic mass is 9.79. The summed E-state index contributed by atoms with van der Waals surface area (Å²) < 4.78 is 5.20. The van der Waals surface area contributed by atoms with Gasteiger partial charge in [-0.3, -0.25) is 4.79 Å². The molecule has 0 saturated heterocycles. The topological polar surface area (TPSA) is 66.8 Å². The average molecular weight is 274 g/mol. The molecule has 0 rings (SSSR count). The van der Waals surface area contributed by atoms with Crippen molar-refractivity contribution in [2.45, 2.75) is 71.7 Å². The molecular formula is C15H30O4. The molecule has 0 saturated carbocycles. The molecule has 19 heavy (non-hydrogen) atoms. The first-order valence-electron chi connectivity index (χ1n) is 7.20. The Labute approximate surface area is 117 Å². The van der Waals surface area contributed by atoms with Crippen molar-refractivity contribution < 1.29 is 19.7 Å². The van der Waals surface area contributed by atoms with Crippen LogP contribution in [0.1, 0.15) is 53.9 Å². The molecule has 0 fully saturated rings. The maximum Gasteiger partial charge on any atom is 0.141 e. The number of carbonyl (C=O) groups is 1. The van der Waals surface area contributed by atoms with Crippen molar-refractivity contribution in [2.75, 3.05) is 7.11 Å². The standard InChI is InChI=1S/C15H30O4/c1-7-9-10(3)13(16)11(4)14(17)15(5,18)12(8-2)19-6/h10-12,14,17-18H,7-9H2,1-6H3/t10-,11?,12-,14?,15-/m1/s1. The van der Waals surface area contributed by atoms with Gasteiger partial charge in [-0.2, -0.15) is 0 Å². The number of aliphatic hydroxyl groups excluding tert-OH is 1. The molecule has 4 heteroatoms. The van der Waals surface area contributed by atoms with Crippen LogP contribution in [0.5, 0.6) is 0 Å². The van der Waals surface area contributed by atoms with E-state index in [-0.39, 0.29) is 11.7 Å². The van der Waals surface area contributed by atoms with E-state index < -0.39 is 23.7 Å². The minimum Gasteiger partial charge on any atom is -0.389 e. The van der Waals surface area contributed by atoms with Gasteiger partial charge in [0.05, 0.1) is 12.2 Å². The van der Waals surface area contributed by atoms with Crippen LogP contribution >= 0.6 is 0 Å². The Balaban J connectivity index is 4.88. The maximum absolute atomic E-state index is 12.2. The van der Waals surface area contributed by atoms with E-state index >= 15 is 0 Å². The zero-order chi connectivity index (χ0) is 15.2. The molecule has 0 spiro atoms. The first-order valence-corrected chi connectivity index (χ1v) is 7.20. The minimum absolute atomic E-state index is 0.000538. The third kappa shape index (κ3) is 4.55. The molecule has 0 aromatic rings. The summed E-state index contributed by atoms with van der Waals surface area (Å²) >= 11 is 0. The quantitative estimate of drug-likeness (QED) is 0.676. The van der Waals surface area contributed by atoms with E-state index in [1.807, 2.05) is 20.8 Å². The van der Waals surface area contributed by atoms with Crippen molar-refractivity contribution >= 4 is 5.78 Å². The summed E-state index contributed by atoms with van der Waals surface area (Å²) in [6.45, 7) is 8.98. The van der Waals surface area contributed by atoms with E-state index in [0.717, 1.165) is 12.8 Å². The SMILES string of the molecule is CCC[C@@H](C)C(=O)C(C)C(O)[C@](C)(O)[C@@H](CC)OC. The third-order valence-electron chi connectivity index (χ3n) is 4.04. The summed E-state index contributed by atoms with van der Waals surface area (Å²) in [5.74, 6) is -0.686. The largest absolute Gasteiger partial charge is 0.389 e. The average Bonchev–Trinajstić information content (AvgIpc) is 2.37. The number of ether oxygens (including phenoxy) is 1. The molecule has 0 heterocycles. The Kier molecular flexibility index (Phi) is 7.79. The lowest BCUT2D eigenvalue weighted by Crippen LogP contribution is -2.54. The lowest BCUT2D eigenvalue weighted by molar-refractivity contribution is -0.168. The normalized spacial score (nSPS) is 21.3. The van der Waals surface area contributed by atoms with Gasteiger partial charge in [-0.05, 0) is 19.8 Å². The molecular weight excluding hydrogens is 244 g/mol. The fraction of sp³-hybridized carbons (Fsp3) is 0.933. The molecule has 114 valence electrons. The molecule has 0 radical (unpaired) electrons. The molecule has 0 aliphatic rings. The van der Waals surface area contributed by atoms with E-state index in [1.165, 1.54) is 14.0 Å². The van der Waals surface area contributed by atoms with Crippen LogP contribution in [-0.4, -0.2) is 40.9 Å². The van der Waals surface area contributed by atoms with Crippen molar-refractivity contribution in [3.63, 3.8) is 0 Å². The fourth-order valence-corrected chi connectivity index (χ4v) is 2.69. The van der Waals surface area contributed by atoms with Gasteiger partial charge in [-0.15, -0.1) is 0 Å². The molecule has 5 atom stereocenters. The molecule has 0 aliphatic heterocycles. The zero-order valence-corrected chi connectivity index (χ0v) is 13.1. The van der Waals surface area contributed by atoms with Crippen LogP contribution in [0, 0.1) is 11.8 Å². The van der Waals surface area contributed by atoms with Crippen molar-refractivity contribution in [3.05, 3.63) is 0 Å². The number of hydrogen-bond donors (Lipinski definition) is 2. The Morgan fingerprint density at radius 1 is 1.32 bits per heavy atom. The molecule has 0 aromatic heterocycles. The summed E-state index contributed by atoms with van der Waals surface area (Å²) in [4.78, 5) is 12.2. The summed E-state index contributed by atoms with van der Waals surface area (Å²) in [6, 6.07) is 0. The second-order valence-corrected chi connectivity index (χ2v) is 5.68. The van der Waals surface area contributed by atoms with Gasteiger partial charge in [-0.1, -0.05) is 34.1 Å². The van der Waals surface area contributed by atoms with Crippen LogP contribution in [0.25, 0.3) is 0 Å². The smallest absolute Gasteiger partial charge is 0.141 e. The van der Waals surface area contributed by atoms with Gasteiger partial charge in [0, 0.05) is 18.9 Å². The van der Waals surface area contributed by atoms with Gasteiger partial charge >= 0.3 is 0 Å². The van der Waals surface area contributed by atoms with Crippen LogP contribution in [0.2, 0.25) is 0 Å². The number of hydrogen-bond acceptors (Lipinski definition) is 4.